The number of nitrogens with zero attached hydrogens (tertiary/aromatic N) is 1. The lowest BCUT2D eigenvalue weighted by molar-refractivity contribution is -0.384. The number of nitrogens with one attached hydrogen (secondary N) is 2. The summed E-state index contributed by atoms with van der Waals surface area (Å²) in [4.78, 5) is 22.4. The van der Waals surface area contributed by atoms with E-state index in [-0.39, 0.29) is 30.3 Å². The second-order valence-electron chi connectivity index (χ2n) is 5.45. The van der Waals surface area contributed by atoms with Crippen LogP contribution in [0.4, 0.5) is 21.5 Å². The fraction of sp³-hybridized carbons (Fsp3) is 0.235. The lowest BCUT2D eigenvalue weighted by atomic mass is 10.2. The molecule has 0 aliphatic rings. The van der Waals surface area contributed by atoms with E-state index < -0.39 is 16.4 Å². The molecule has 0 atom stereocenters. The molecule has 0 fully saturated rings. The highest BCUT2D eigenvalue weighted by atomic mass is 79.9. The van der Waals surface area contributed by atoms with Crippen LogP contribution >= 0.6 is 15.9 Å². The Morgan fingerprint density at radius 2 is 2.04 bits per heavy atom. The van der Waals surface area contributed by atoms with Gasteiger partial charge < -0.3 is 15.4 Å². The van der Waals surface area contributed by atoms with Crippen LogP contribution in [0.3, 0.4) is 0 Å². The maximum atomic E-state index is 13.6. The molecule has 0 aliphatic carbocycles. The van der Waals surface area contributed by atoms with Crippen molar-refractivity contribution in [3.63, 3.8) is 0 Å². The Morgan fingerprint density at radius 3 is 2.65 bits per heavy atom. The molecule has 0 heterocycles. The highest BCUT2D eigenvalue weighted by Gasteiger charge is 2.19. The molecule has 0 saturated carbocycles. The number of aryl methyl sites for hydroxylation is 1. The predicted octanol–water partition coefficient (Wildman–Crippen LogP) is 4.25. The van der Waals surface area contributed by atoms with Gasteiger partial charge in [0.15, 0.2) is 11.6 Å². The van der Waals surface area contributed by atoms with E-state index in [0.29, 0.717) is 5.69 Å². The maximum absolute atomic E-state index is 13.6. The number of amides is 1. The molecular formula is C17H17BrFN3O4. The van der Waals surface area contributed by atoms with E-state index in [4.69, 9.17) is 4.74 Å². The standard InChI is InChI=1S/C17H17BrFN3O4/c1-10-7-11(18)3-4-13(10)21-17(23)5-6-20-14-9-16(26-2)12(19)8-15(14)22(24)25/h3-4,7-9,20H,5-6H2,1-2H3,(H,21,23). The first-order chi connectivity index (χ1) is 12.3. The average molecular weight is 426 g/mol. The van der Waals surface area contributed by atoms with Gasteiger partial charge in [-0.2, -0.15) is 0 Å². The van der Waals surface area contributed by atoms with Crippen molar-refractivity contribution < 1.29 is 18.8 Å². The molecule has 0 spiro atoms. The van der Waals surface area contributed by atoms with Crippen molar-refractivity contribution in [3.05, 3.63) is 56.3 Å². The number of hydrogen-bond donors (Lipinski definition) is 2. The summed E-state index contributed by atoms with van der Waals surface area (Å²) in [5, 5.41) is 16.6. The second kappa shape index (κ2) is 8.61. The molecule has 138 valence electrons. The van der Waals surface area contributed by atoms with Crippen LogP contribution < -0.4 is 15.4 Å². The number of halogens is 2. The number of methoxy groups -OCH3 is 1. The first kappa shape index (κ1) is 19.6. The third-order valence-electron chi connectivity index (χ3n) is 3.60. The van der Waals surface area contributed by atoms with Crippen LogP contribution in [0.25, 0.3) is 0 Å². The van der Waals surface area contributed by atoms with Gasteiger partial charge in [-0.3, -0.25) is 14.9 Å². The van der Waals surface area contributed by atoms with Gasteiger partial charge in [-0.15, -0.1) is 0 Å². The zero-order chi connectivity index (χ0) is 19.3. The first-order valence-electron chi connectivity index (χ1n) is 7.63. The molecule has 7 nitrogen and oxygen atoms in total. The highest BCUT2D eigenvalue weighted by molar-refractivity contribution is 9.10. The number of nitro benzene ring substituents is 1. The van der Waals surface area contributed by atoms with Crippen LogP contribution in [0.5, 0.6) is 5.75 Å². The van der Waals surface area contributed by atoms with Crippen LogP contribution in [0, 0.1) is 22.9 Å². The molecule has 0 bridgehead atoms. The van der Waals surface area contributed by atoms with E-state index in [1.54, 1.807) is 6.07 Å². The maximum Gasteiger partial charge on any atom is 0.295 e. The SMILES string of the molecule is COc1cc(NCCC(=O)Nc2ccc(Br)cc2C)c([N+](=O)[O-])cc1F. The van der Waals surface area contributed by atoms with Crippen LogP contribution in [-0.4, -0.2) is 24.5 Å². The van der Waals surface area contributed by atoms with E-state index in [0.717, 1.165) is 16.1 Å². The van der Waals surface area contributed by atoms with Crippen molar-refractivity contribution in [3.8, 4) is 5.75 Å². The molecule has 2 rings (SSSR count). The molecular weight excluding hydrogens is 409 g/mol. The third-order valence-corrected chi connectivity index (χ3v) is 4.09. The number of nitro groups is 1. The normalized spacial score (nSPS) is 10.3. The van der Waals surface area contributed by atoms with Crippen molar-refractivity contribution in [1.29, 1.82) is 0 Å². The number of carbonyl (C=O) groups excluding carboxylic acids is 1. The van der Waals surface area contributed by atoms with Crippen molar-refractivity contribution in [2.24, 2.45) is 0 Å². The van der Waals surface area contributed by atoms with E-state index >= 15 is 0 Å². The summed E-state index contributed by atoms with van der Waals surface area (Å²) < 4.78 is 19.4. The molecule has 0 aromatic heterocycles. The second-order valence-corrected chi connectivity index (χ2v) is 6.36. The Labute approximate surface area is 157 Å². The monoisotopic (exact) mass is 425 g/mol. The summed E-state index contributed by atoms with van der Waals surface area (Å²) in [6.07, 6.45) is 0.0757. The summed E-state index contributed by atoms with van der Waals surface area (Å²) in [6, 6.07) is 7.45. The quantitative estimate of drug-likeness (QED) is 0.510. The van der Waals surface area contributed by atoms with Crippen molar-refractivity contribution in [1.82, 2.24) is 0 Å². The molecule has 2 aromatic rings. The summed E-state index contributed by atoms with van der Waals surface area (Å²) in [7, 11) is 1.27. The summed E-state index contributed by atoms with van der Waals surface area (Å²) in [5.74, 6) is -1.19. The minimum absolute atomic E-state index is 0.0757. The number of hydrogen-bond acceptors (Lipinski definition) is 5. The molecule has 26 heavy (non-hydrogen) atoms. The van der Waals surface area contributed by atoms with Crippen molar-refractivity contribution in [2.75, 3.05) is 24.3 Å². The van der Waals surface area contributed by atoms with Gasteiger partial charge in [-0.25, -0.2) is 4.39 Å². The third kappa shape index (κ3) is 4.92. The van der Waals surface area contributed by atoms with E-state index in [1.165, 1.54) is 13.2 Å². The van der Waals surface area contributed by atoms with E-state index in [1.807, 2.05) is 19.1 Å². The largest absolute Gasteiger partial charge is 0.494 e. The van der Waals surface area contributed by atoms with E-state index in [9.17, 15) is 19.3 Å². The lowest BCUT2D eigenvalue weighted by Gasteiger charge is -2.11. The molecule has 2 aromatic carbocycles. The van der Waals surface area contributed by atoms with Gasteiger partial charge in [-0.1, -0.05) is 15.9 Å². The minimum atomic E-state index is -0.826. The Balaban J connectivity index is 2.00. The Morgan fingerprint density at radius 1 is 1.31 bits per heavy atom. The van der Waals surface area contributed by atoms with Crippen molar-refractivity contribution >= 4 is 38.9 Å². The number of rotatable bonds is 7. The van der Waals surface area contributed by atoms with Crippen LogP contribution in [-0.2, 0) is 4.79 Å². The van der Waals surface area contributed by atoms with Gasteiger partial charge in [0, 0.05) is 29.2 Å². The van der Waals surface area contributed by atoms with Gasteiger partial charge in [0.25, 0.3) is 5.69 Å². The summed E-state index contributed by atoms with van der Waals surface area (Å²) >= 11 is 3.35. The smallest absolute Gasteiger partial charge is 0.295 e. The van der Waals surface area contributed by atoms with Gasteiger partial charge in [0.2, 0.25) is 5.91 Å². The molecule has 9 heteroatoms. The zero-order valence-corrected chi connectivity index (χ0v) is 15.7. The molecule has 0 saturated heterocycles. The molecule has 1 amide bonds. The Kier molecular flexibility index (Phi) is 6.51. The fourth-order valence-electron chi connectivity index (χ4n) is 2.28. The average Bonchev–Trinajstić information content (AvgIpc) is 2.58. The topological polar surface area (TPSA) is 93.5 Å². The molecule has 0 unspecified atom stereocenters. The Bertz CT molecular complexity index is 845. The zero-order valence-electron chi connectivity index (χ0n) is 14.1. The predicted molar refractivity (Wildman–Crippen MR) is 100 cm³/mol. The van der Waals surface area contributed by atoms with Gasteiger partial charge in [0.1, 0.15) is 5.69 Å². The van der Waals surface area contributed by atoms with E-state index in [2.05, 4.69) is 26.6 Å². The first-order valence-corrected chi connectivity index (χ1v) is 8.43. The number of ether oxygens (including phenoxy) is 1. The van der Waals surface area contributed by atoms with Gasteiger partial charge >= 0.3 is 0 Å². The van der Waals surface area contributed by atoms with Crippen LogP contribution in [0.2, 0.25) is 0 Å². The molecule has 2 N–H and O–H groups in total. The minimum Gasteiger partial charge on any atom is -0.494 e. The number of carbonyl (C=O) groups is 1. The summed E-state index contributed by atoms with van der Waals surface area (Å²) in [5.41, 5.74) is 1.25. The van der Waals surface area contributed by atoms with Crippen molar-refractivity contribution in [2.45, 2.75) is 13.3 Å². The number of anilines is 2. The van der Waals surface area contributed by atoms with Crippen LogP contribution in [0.1, 0.15) is 12.0 Å². The van der Waals surface area contributed by atoms with Gasteiger partial charge in [0.05, 0.1) is 18.1 Å². The Hall–Kier alpha value is -2.68. The molecule has 0 aliphatic heterocycles. The summed E-state index contributed by atoms with van der Waals surface area (Å²) in [6.45, 7) is 2.00. The molecule has 0 radical (unpaired) electrons. The lowest BCUT2D eigenvalue weighted by Crippen LogP contribution is -2.17. The fourth-order valence-corrected chi connectivity index (χ4v) is 2.76. The highest BCUT2D eigenvalue weighted by Crippen LogP contribution is 2.31. The number of benzene rings is 2. The van der Waals surface area contributed by atoms with Crippen LogP contribution in [0.15, 0.2) is 34.8 Å². The van der Waals surface area contributed by atoms with Gasteiger partial charge in [-0.05, 0) is 30.7 Å².